The van der Waals surface area contributed by atoms with Crippen molar-refractivity contribution in [3.63, 3.8) is 0 Å². The Morgan fingerprint density at radius 2 is 1.53 bits per heavy atom. The zero-order valence-electron chi connectivity index (χ0n) is 19.5. The summed E-state index contributed by atoms with van der Waals surface area (Å²) in [6.45, 7) is 1.29. The van der Waals surface area contributed by atoms with Crippen molar-refractivity contribution in [2.24, 2.45) is 0 Å². The molecule has 4 rings (SSSR count). The van der Waals surface area contributed by atoms with Crippen LogP contribution >= 0.6 is 38.5 Å². The minimum atomic E-state index is -0.133. The van der Waals surface area contributed by atoms with E-state index in [9.17, 15) is 10.0 Å². The quantitative estimate of drug-likeness (QED) is 0.140. The molecule has 0 radical (unpaired) electrons. The molecule has 184 valence electrons. The van der Waals surface area contributed by atoms with E-state index in [2.05, 4.69) is 43.8 Å². The number of hydroxylamine groups is 2. The number of para-hydroxylation sites is 1. The maximum atomic E-state index is 12.6. The molecule has 0 saturated heterocycles. The summed E-state index contributed by atoms with van der Waals surface area (Å²) in [5.41, 5.74) is 3.64. The number of nitrogens with one attached hydrogen (secondary N) is 1. The monoisotopic (exact) mass is 656 g/mol. The molecule has 5 nitrogen and oxygen atoms in total. The van der Waals surface area contributed by atoms with Crippen LogP contribution in [0.4, 0.5) is 0 Å². The van der Waals surface area contributed by atoms with Gasteiger partial charge < -0.3 is 15.3 Å². The SMILES string of the molecule is O=C(NCCc1ccc(Oc2ccccc2)cc1)c1ccc(CN(O)Cc2ccccc2I)c(Br)c1. The summed E-state index contributed by atoms with van der Waals surface area (Å²) in [5.74, 6) is 1.44. The van der Waals surface area contributed by atoms with Gasteiger partial charge in [0.1, 0.15) is 11.5 Å². The molecule has 0 aliphatic rings. The van der Waals surface area contributed by atoms with Crippen LogP contribution in [-0.2, 0) is 19.5 Å². The molecule has 0 saturated carbocycles. The molecule has 7 heteroatoms. The zero-order chi connectivity index (χ0) is 25.3. The number of benzene rings is 4. The van der Waals surface area contributed by atoms with Crippen molar-refractivity contribution >= 4 is 44.4 Å². The van der Waals surface area contributed by atoms with Gasteiger partial charge in [0, 0.05) is 20.2 Å². The molecular weight excluding hydrogens is 631 g/mol. The molecule has 0 fully saturated rings. The van der Waals surface area contributed by atoms with Gasteiger partial charge in [0.2, 0.25) is 0 Å². The molecule has 0 spiro atoms. The number of hydrogen-bond acceptors (Lipinski definition) is 4. The lowest BCUT2D eigenvalue weighted by Gasteiger charge is -2.17. The van der Waals surface area contributed by atoms with Crippen molar-refractivity contribution in [1.29, 1.82) is 0 Å². The fourth-order valence-electron chi connectivity index (χ4n) is 3.66. The second-order valence-corrected chi connectivity index (χ2v) is 10.3. The van der Waals surface area contributed by atoms with Crippen molar-refractivity contribution in [1.82, 2.24) is 10.4 Å². The van der Waals surface area contributed by atoms with Gasteiger partial charge in [0.15, 0.2) is 0 Å². The van der Waals surface area contributed by atoms with Crippen LogP contribution in [0, 0.1) is 3.57 Å². The number of carbonyl (C=O) groups excluding carboxylic acids is 1. The van der Waals surface area contributed by atoms with Crippen LogP contribution in [0.15, 0.2) is 102 Å². The summed E-state index contributed by atoms with van der Waals surface area (Å²) in [7, 11) is 0. The van der Waals surface area contributed by atoms with Crippen molar-refractivity contribution in [2.75, 3.05) is 6.54 Å². The predicted octanol–water partition coefficient (Wildman–Crippen LogP) is 7.21. The van der Waals surface area contributed by atoms with Crippen LogP contribution < -0.4 is 10.1 Å². The lowest BCUT2D eigenvalue weighted by atomic mass is 10.1. The second-order valence-electron chi connectivity index (χ2n) is 8.29. The average molecular weight is 657 g/mol. The summed E-state index contributed by atoms with van der Waals surface area (Å²) >= 11 is 5.81. The minimum absolute atomic E-state index is 0.133. The lowest BCUT2D eigenvalue weighted by Crippen LogP contribution is -2.26. The van der Waals surface area contributed by atoms with Crippen molar-refractivity contribution in [3.8, 4) is 11.5 Å². The summed E-state index contributed by atoms with van der Waals surface area (Å²) in [5, 5.41) is 14.7. The molecule has 0 aliphatic carbocycles. The second kappa shape index (κ2) is 13.0. The third-order valence-corrected chi connectivity index (χ3v) is 7.37. The Kier molecular flexibility index (Phi) is 9.52. The Hall–Kier alpha value is -2.72. The third-order valence-electron chi connectivity index (χ3n) is 5.58. The molecule has 4 aromatic rings. The summed E-state index contributed by atoms with van der Waals surface area (Å²) < 4.78 is 7.71. The van der Waals surface area contributed by atoms with Crippen molar-refractivity contribution in [3.05, 3.63) is 127 Å². The fraction of sp³-hybridized carbons (Fsp3) is 0.138. The topological polar surface area (TPSA) is 61.8 Å². The number of hydrogen-bond donors (Lipinski definition) is 2. The van der Waals surface area contributed by atoms with E-state index in [-0.39, 0.29) is 5.91 Å². The van der Waals surface area contributed by atoms with E-state index < -0.39 is 0 Å². The largest absolute Gasteiger partial charge is 0.457 e. The Bertz CT molecular complexity index is 1300. The maximum Gasteiger partial charge on any atom is 0.251 e. The molecule has 36 heavy (non-hydrogen) atoms. The van der Waals surface area contributed by atoms with Gasteiger partial charge in [0.05, 0.1) is 13.1 Å². The number of amides is 1. The third kappa shape index (κ3) is 7.64. The smallest absolute Gasteiger partial charge is 0.251 e. The van der Waals surface area contributed by atoms with Crippen LogP contribution in [0.2, 0.25) is 0 Å². The first-order valence-electron chi connectivity index (χ1n) is 11.5. The number of rotatable bonds is 10. The standard InChI is InChI=1S/C29H26BrIN2O3/c30-27-18-22(12-13-23(27)19-33(35)20-24-6-4-5-9-28(24)31)29(34)32-17-16-21-10-14-26(15-11-21)36-25-7-2-1-3-8-25/h1-15,18,35H,16-17,19-20H2,(H,32,34). The average Bonchev–Trinajstić information content (AvgIpc) is 2.88. The van der Waals surface area contributed by atoms with Gasteiger partial charge in [-0.15, -0.1) is 0 Å². The molecular formula is C29H26BrIN2O3. The number of halogens is 2. The highest BCUT2D eigenvalue weighted by molar-refractivity contribution is 14.1. The van der Waals surface area contributed by atoms with Gasteiger partial charge in [0.25, 0.3) is 5.91 Å². The van der Waals surface area contributed by atoms with Gasteiger partial charge >= 0.3 is 0 Å². The van der Waals surface area contributed by atoms with Gasteiger partial charge in [-0.25, -0.2) is 0 Å². The molecule has 4 aromatic carbocycles. The Morgan fingerprint density at radius 1 is 0.861 bits per heavy atom. The fourth-order valence-corrected chi connectivity index (χ4v) is 4.73. The lowest BCUT2D eigenvalue weighted by molar-refractivity contribution is -0.108. The van der Waals surface area contributed by atoms with E-state index >= 15 is 0 Å². The van der Waals surface area contributed by atoms with E-state index in [0.717, 1.165) is 36.2 Å². The molecule has 1 amide bonds. The highest BCUT2D eigenvalue weighted by atomic mass is 127. The summed E-state index contributed by atoms with van der Waals surface area (Å²) in [6, 6.07) is 30.9. The van der Waals surface area contributed by atoms with E-state index in [1.807, 2.05) is 84.9 Å². The molecule has 0 heterocycles. The molecule has 0 aliphatic heterocycles. The summed E-state index contributed by atoms with van der Waals surface area (Å²) in [6.07, 6.45) is 0.717. The number of carbonyl (C=O) groups is 1. The zero-order valence-corrected chi connectivity index (χ0v) is 23.3. The van der Waals surface area contributed by atoms with Crippen molar-refractivity contribution < 1.29 is 14.7 Å². The number of ether oxygens (including phenoxy) is 1. The minimum Gasteiger partial charge on any atom is -0.457 e. The first-order valence-corrected chi connectivity index (χ1v) is 13.4. The molecule has 0 aromatic heterocycles. The van der Waals surface area contributed by atoms with Crippen LogP contribution in [-0.4, -0.2) is 22.7 Å². The van der Waals surface area contributed by atoms with E-state index in [1.165, 1.54) is 5.06 Å². The number of nitrogens with zero attached hydrogens (tertiary/aromatic N) is 1. The molecule has 0 bridgehead atoms. The van der Waals surface area contributed by atoms with E-state index in [1.54, 1.807) is 12.1 Å². The maximum absolute atomic E-state index is 12.6. The Balaban J connectivity index is 1.25. The van der Waals surface area contributed by atoms with Gasteiger partial charge in [-0.3, -0.25) is 4.79 Å². The highest BCUT2D eigenvalue weighted by Crippen LogP contribution is 2.23. The Labute approximate surface area is 233 Å². The van der Waals surface area contributed by atoms with Crippen LogP contribution in [0.5, 0.6) is 11.5 Å². The summed E-state index contributed by atoms with van der Waals surface area (Å²) in [4.78, 5) is 12.6. The Morgan fingerprint density at radius 3 is 2.25 bits per heavy atom. The van der Waals surface area contributed by atoms with Crippen LogP contribution in [0.25, 0.3) is 0 Å². The molecule has 2 N–H and O–H groups in total. The normalized spacial score (nSPS) is 10.9. The van der Waals surface area contributed by atoms with Gasteiger partial charge in [-0.05, 0) is 88.2 Å². The van der Waals surface area contributed by atoms with E-state index in [0.29, 0.717) is 31.6 Å². The van der Waals surface area contributed by atoms with Crippen molar-refractivity contribution in [2.45, 2.75) is 19.5 Å². The first kappa shape index (κ1) is 26.3. The first-order chi connectivity index (χ1) is 17.5. The predicted molar refractivity (Wildman–Crippen MR) is 153 cm³/mol. The molecule has 0 atom stereocenters. The van der Waals surface area contributed by atoms with Gasteiger partial charge in [-0.1, -0.05) is 70.5 Å². The van der Waals surface area contributed by atoms with Gasteiger partial charge in [-0.2, -0.15) is 5.06 Å². The highest BCUT2D eigenvalue weighted by Gasteiger charge is 2.12. The molecule has 0 unspecified atom stereocenters. The van der Waals surface area contributed by atoms with Crippen LogP contribution in [0.1, 0.15) is 27.0 Å². The van der Waals surface area contributed by atoms with E-state index in [4.69, 9.17) is 4.74 Å². The van der Waals surface area contributed by atoms with Crippen LogP contribution in [0.3, 0.4) is 0 Å².